The number of anilines is 2. The molecule has 0 aliphatic heterocycles. The monoisotopic (exact) mass is 241 g/mol. The molecule has 7 heteroatoms. The SMILES string of the molecule is Nc1ccccc1CNc1ccc2nnnn2n1. The van der Waals surface area contributed by atoms with E-state index in [1.54, 1.807) is 6.07 Å². The van der Waals surface area contributed by atoms with Crippen LogP contribution in [0.3, 0.4) is 0 Å². The lowest BCUT2D eigenvalue weighted by Gasteiger charge is -2.07. The summed E-state index contributed by atoms with van der Waals surface area (Å²) < 4.78 is 1.37. The Hall–Kier alpha value is -2.70. The zero-order valence-electron chi connectivity index (χ0n) is 9.48. The number of benzene rings is 1. The van der Waals surface area contributed by atoms with Crippen molar-refractivity contribution in [3.8, 4) is 0 Å². The molecule has 0 saturated carbocycles. The van der Waals surface area contributed by atoms with Crippen molar-refractivity contribution < 1.29 is 0 Å². The molecule has 0 aliphatic carbocycles. The maximum Gasteiger partial charge on any atom is 0.200 e. The number of nitrogens with two attached hydrogens (primary N) is 1. The van der Waals surface area contributed by atoms with Crippen LogP contribution in [0.5, 0.6) is 0 Å². The minimum absolute atomic E-state index is 0.604. The van der Waals surface area contributed by atoms with Crippen LogP contribution in [0.25, 0.3) is 5.65 Å². The van der Waals surface area contributed by atoms with E-state index >= 15 is 0 Å². The van der Waals surface area contributed by atoms with Crippen molar-refractivity contribution in [3.63, 3.8) is 0 Å². The van der Waals surface area contributed by atoms with Gasteiger partial charge in [0.15, 0.2) is 5.65 Å². The van der Waals surface area contributed by atoms with Gasteiger partial charge in [0.25, 0.3) is 0 Å². The maximum absolute atomic E-state index is 5.86. The highest BCUT2D eigenvalue weighted by Gasteiger charge is 2.01. The molecule has 0 amide bonds. The van der Waals surface area contributed by atoms with Crippen LogP contribution >= 0.6 is 0 Å². The van der Waals surface area contributed by atoms with Crippen molar-refractivity contribution in [2.45, 2.75) is 6.54 Å². The summed E-state index contributed by atoms with van der Waals surface area (Å²) in [7, 11) is 0. The number of hydrogen-bond acceptors (Lipinski definition) is 6. The fourth-order valence-electron chi connectivity index (χ4n) is 1.62. The van der Waals surface area contributed by atoms with E-state index in [1.165, 1.54) is 4.63 Å². The van der Waals surface area contributed by atoms with E-state index in [2.05, 4.69) is 25.9 Å². The van der Waals surface area contributed by atoms with Crippen molar-refractivity contribution in [1.29, 1.82) is 0 Å². The second kappa shape index (κ2) is 4.28. The van der Waals surface area contributed by atoms with Gasteiger partial charge in [-0.25, -0.2) is 0 Å². The number of para-hydroxylation sites is 1. The molecule has 0 spiro atoms. The lowest BCUT2D eigenvalue weighted by atomic mass is 10.2. The first-order valence-electron chi connectivity index (χ1n) is 5.45. The molecule has 3 N–H and O–H groups in total. The Kier molecular flexibility index (Phi) is 2.49. The number of nitrogens with one attached hydrogen (secondary N) is 1. The third kappa shape index (κ3) is 1.93. The average Bonchev–Trinajstić information content (AvgIpc) is 2.85. The normalized spacial score (nSPS) is 10.7. The fourth-order valence-corrected chi connectivity index (χ4v) is 1.62. The number of nitrogens with zero attached hydrogens (tertiary/aromatic N) is 5. The Morgan fingerprint density at radius 3 is 2.94 bits per heavy atom. The van der Waals surface area contributed by atoms with E-state index in [0.29, 0.717) is 18.0 Å². The number of hydrogen-bond donors (Lipinski definition) is 2. The van der Waals surface area contributed by atoms with Gasteiger partial charge < -0.3 is 11.1 Å². The molecule has 0 unspecified atom stereocenters. The number of tetrazole rings is 1. The van der Waals surface area contributed by atoms with E-state index in [4.69, 9.17) is 5.73 Å². The van der Waals surface area contributed by atoms with Gasteiger partial charge in [-0.15, -0.1) is 14.8 Å². The Bertz CT molecular complexity index is 676. The lowest BCUT2D eigenvalue weighted by Crippen LogP contribution is -2.06. The average molecular weight is 241 g/mol. The predicted octanol–water partition coefficient (Wildman–Crippen LogP) is 0.714. The van der Waals surface area contributed by atoms with Crippen LogP contribution in [0.2, 0.25) is 0 Å². The Morgan fingerprint density at radius 2 is 2.06 bits per heavy atom. The Morgan fingerprint density at radius 1 is 1.17 bits per heavy atom. The molecule has 90 valence electrons. The Labute approximate surface area is 103 Å². The highest BCUT2D eigenvalue weighted by molar-refractivity contribution is 5.49. The summed E-state index contributed by atoms with van der Waals surface area (Å²) in [6.07, 6.45) is 0. The maximum atomic E-state index is 5.86. The smallest absolute Gasteiger partial charge is 0.200 e. The topological polar surface area (TPSA) is 94.0 Å². The summed E-state index contributed by atoms with van der Waals surface area (Å²) in [6.45, 7) is 0.604. The van der Waals surface area contributed by atoms with Gasteiger partial charge in [0, 0.05) is 12.2 Å². The molecule has 0 aliphatic rings. The van der Waals surface area contributed by atoms with Gasteiger partial charge in [0.1, 0.15) is 5.82 Å². The first-order valence-corrected chi connectivity index (χ1v) is 5.45. The van der Waals surface area contributed by atoms with Crippen molar-refractivity contribution in [1.82, 2.24) is 25.3 Å². The van der Waals surface area contributed by atoms with E-state index in [0.717, 1.165) is 11.3 Å². The molecule has 2 heterocycles. The van der Waals surface area contributed by atoms with Crippen LogP contribution in [-0.2, 0) is 6.54 Å². The molecular formula is C11H11N7. The minimum Gasteiger partial charge on any atom is -0.398 e. The molecule has 0 atom stereocenters. The molecule has 3 aromatic rings. The molecule has 18 heavy (non-hydrogen) atoms. The molecular weight excluding hydrogens is 230 g/mol. The van der Waals surface area contributed by atoms with Gasteiger partial charge in [-0.3, -0.25) is 0 Å². The quantitative estimate of drug-likeness (QED) is 0.656. The van der Waals surface area contributed by atoms with E-state index < -0.39 is 0 Å². The first kappa shape index (κ1) is 10.5. The fraction of sp³-hybridized carbons (Fsp3) is 0.0909. The van der Waals surface area contributed by atoms with E-state index in [9.17, 15) is 0 Å². The van der Waals surface area contributed by atoms with Crippen LogP contribution in [0.4, 0.5) is 11.5 Å². The number of fused-ring (bicyclic) bond motifs is 1. The van der Waals surface area contributed by atoms with Crippen LogP contribution in [0.1, 0.15) is 5.56 Å². The minimum atomic E-state index is 0.604. The standard InChI is InChI=1S/C11H11N7/c12-9-4-2-1-3-8(9)7-13-10-5-6-11-14-16-17-18(11)15-10/h1-6H,7,12H2,(H,13,15). The van der Waals surface area contributed by atoms with Crippen LogP contribution in [-0.4, -0.2) is 25.3 Å². The van der Waals surface area contributed by atoms with Crippen LogP contribution < -0.4 is 11.1 Å². The van der Waals surface area contributed by atoms with Gasteiger partial charge in [-0.05, 0) is 34.2 Å². The number of rotatable bonds is 3. The summed E-state index contributed by atoms with van der Waals surface area (Å²) in [5, 5.41) is 18.4. The zero-order valence-corrected chi connectivity index (χ0v) is 9.48. The van der Waals surface area contributed by atoms with Crippen molar-refractivity contribution in [2.75, 3.05) is 11.1 Å². The molecule has 0 fully saturated rings. The van der Waals surface area contributed by atoms with Gasteiger partial charge in [-0.1, -0.05) is 18.2 Å². The molecule has 3 rings (SSSR count). The second-order valence-electron chi connectivity index (χ2n) is 3.80. The number of nitrogen functional groups attached to an aromatic ring is 1. The molecule has 0 bridgehead atoms. The van der Waals surface area contributed by atoms with Crippen molar-refractivity contribution >= 4 is 17.2 Å². The van der Waals surface area contributed by atoms with Gasteiger partial charge in [0.2, 0.25) is 0 Å². The largest absolute Gasteiger partial charge is 0.398 e. The molecule has 1 aromatic carbocycles. The van der Waals surface area contributed by atoms with Gasteiger partial charge in [-0.2, -0.15) is 0 Å². The van der Waals surface area contributed by atoms with Crippen LogP contribution in [0.15, 0.2) is 36.4 Å². The van der Waals surface area contributed by atoms with Crippen molar-refractivity contribution in [2.24, 2.45) is 0 Å². The summed E-state index contributed by atoms with van der Waals surface area (Å²) in [5.74, 6) is 0.693. The molecule has 7 nitrogen and oxygen atoms in total. The summed E-state index contributed by atoms with van der Waals surface area (Å²) in [5.41, 5.74) is 8.25. The summed E-state index contributed by atoms with van der Waals surface area (Å²) in [6, 6.07) is 11.3. The Balaban J connectivity index is 1.78. The number of aromatic nitrogens is 5. The first-order chi connectivity index (χ1) is 8.83. The third-order valence-corrected chi connectivity index (χ3v) is 2.58. The predicted molar refractivity (Wildman–Crippen MR) is 66.8 cm³/mol. The molecule has 2 aromatic heterocycles. The van der Waals surface area contributed by atoms with E-state index in [1.807, 2.05) is 30.3 Å². The van der Waals surface area contributed by atoms with Crippen molar-refractivity contribution in [3.05, 3.63) is 42.0 Å². The van der Waals surface area contributed by atoms with Gasteiger partial charge >= 0.3 is 0 Å². The van der Waals surface area contributed by atoms with Gasteiger partial charge in [0.05, 0.1) is 0 Å². The third-order valence-electron chi connectivity index (χ3n) is 2.58. The molecule has 0 radical (unpaired) electrons. The molecule has 0 saturated heterocycles. The second-order valence-corrected chi connectivity index (χ2v) is 3.80. The summed E-state index contributed by atoms with van der Waals surface area (Å²) >= 11 is 0. The summed E-state index contributed by atoms with van der Waals surface area (Å²) in [4.78, 5) is 0. The lowest BCUT2D eigenvalue weighted by molar-refractivity contribution is 0.734. The highest BCUT2D eigenvalue weighted by Crippen LogP contribution is 2.12. The zero-order chi connectivity index (χ0) is 12.4. The highest BCUT2D eigenvalue weighted by atomic mass is 15.6. The van der Waals surface area contributed by atoms with E-state index in [-0.39, 0.29) is 0 Å². The van der Waals surface area contributed by atoms with Crippen LogP contribution in [0, 0.1) is 0 Å².